The number of halogens is 3. The molecule has 0 saturated carbocycles. The molecule has 1 aliphatic heterocycles. The highest BCUT2D eigenvalue weighted by atomic mass is 19.4. The number of anilines is 1. The molecule has 0 atom stereocenters. The van der Waals surface area contributed by atoms with Gasteiger partial charge in [-0.1, -0.05) is 35.9 Å². The molecule has 0 spiro atoms. The lowest BCUT2D eigenvalue weighted by molar-refractivity contribution is -0.137. The Kier molecular flexibility index (Phi) is 4.30. The molecule has 1 heterocycles. The number of Topliss-reactive ketones (excluding diaryl/α,β-unsaturated/α-hetero) is 1. The van der Waals surface area contributed by atoms with Gasteiger partial charge in [-0.2, -0.15) is 13.2 Å². The van der Waals surface area contributed by atoms with Gasteiger partial charge in [0.25, 0.3) is 11.7 Å². The zero-order chi connectivity index (χ0) is 16.3. The molecule has 2 aromatic carbocycles. The first-order valence-electron chi connectivity index (χ1n) is 6.37. The van der Waals surface area contributed by atoms with Gasteiger partial charge in [0.15, 0.2) is 0 Å². The second-order valence-corrected chi connectivity index (χ2v) is 4.70. The highest BCUT2D eigenvalue weighted by Gasteiger charge is 2.34. The van der Waals surface area contributed by atoms with E-state index in [-0.39, 0.29) is 11.3 Å². The smallest absolute Gasteiger partial charge is 0.318 e. The summed E-state index contributed by atoms with van der Waals surface area (Å²) >= 11 is 0. The van der Waals surface area contributed by atoms with Crippen LogP contribution in [0.1, 0.15) is 21.5 Å². The number of hydrogen-bond acceptors (Lipinski definition) is 2. The van der Waals surface area contributed by atoms with Crippen LogP contribution in [-0.2, 0) is 11.0 Å². The third-order valence-electron chi connectivity index (χ3n) is 2.99. The average molecular weight is 307 g/mol. The maximum Gasteiger partial charge on any atom is 0.416 e. The molecule has 2 aromatic rings. The molecule has 1 amide bonds. The summed E-state index contributed by atoms with van der Waals surface area (Å²) < 4.78 is 36.8. The van der Waals surface area contributed by atoms with Crippen molar-refractivity contribution in [2.45, 2.75) is 13.1 Å². The molecule has 114 valence electrons. The first-order chi connectivity index (χ1) is 10.3. The second-order valence-electron chi connectivity index (χ2n) is 4.70. The van der Waals surface area contributed by atoms with Crippen molar-refractivity contribution < 1.29 is 22.8 Å². The molecule has 0 saturated heterocycles. The second kappa shape index (κ2) is 6.01. The van der Waals surface area contributed by atoms with Crippen LogP contribution in [0.25, 0.3) is 0 Å². The van der Waals surface area contributed by atoms with Gasteiger partial charge >= 0.3 is 6.18 Å². The Bertz CT molecular complexity index is 709. The van der Waals surface area contributed by atoms with E-state index in [1.165, 1.54) is 5.56 Å². The van der Waals surface area contributed by atoms with Crippen LogP contribution in [0.2, 0.25) is 0 Å². The molecule has 6 heteroatoms. The van der Waals surface area contributed by atoms with Gasteiger partial charge in [-0.15, -0.1) is 0 Å². The van der Waals surface area contributed by atoms with E-state index in [9.17, 15) is 22.8 Å². The fourth-order valence-electron chi connectivity index (χ4n) is 1.86. The monoisotopic (exact) mass is 307 g/mol. The molecule has 22 heavy (non-hydrogen) atoms. The van der Waals surface area contributed by atoms with Crippen LogP contribution in [0.15, 0.2) is 48.5 Å². The minimum Gasteiger partial charge on any atom is -0.318 e. The minimum absolute atomic E-state index is 0.0204. The molecule has 0 bridgehead atoms. The molecular formula is C16H12F3NO2. The zero-order valence-electron chi connectivity index (χ0n) is 11.6. The number of ketones is 1. The first-order valence-corrected chi connectivity index (χ1v) is 6.37. The van der Waals surface area contributed by atoms with Gasteiger partial charge in [-0.25, -0.2) is 0 Å². The maximum absolute atomic E-state index is 12.3. The number of alkyl halides is 3. The Morgan fingerprint density at radius 2 is 1.59 bits per heavy atom. The number of fused-ring (bicyclic) bond motifs is 1. The SMILES string of the molecule is Cc1ccccc1.O=C1Nc2cc(C(F)(F)F)ccc2C1=O. The average Bonchev–Trinajstić information content (AvgIpc) is 2.74. The fourth-order valence-corrected chi connectivity index (χ4v) is 1.86. The van der Waals surface area contributed by atoms with Gasteiger partial charge in [0.05, 0.1) is 16.8 Å². The van der Waals surface area contributed by atoms with Gasteiger partial charge in [0.1, 0.15) is 0 Å². The number of amides is 1. The standard InChI is InChI=1S/C9H4F3NO2.C7H8/c10-9(11,12)4-1-2-5-6(3-4)13-8(15)7(5)14;1-7-5-3-2-4-6-7/h1-3H,(H,13,14,15);2-6H,1H3. The Hall–Kier alpha value is -2.63. The predicted molar refractivity (Wildman–Crippen MR) is 75.6 cm³/mol. The van der Waals surface area contributed by atoms with Crippen LogP contribution < -0.4 is 5.32 Å². The van der Waals surface area contributed by atoms with E-state index in [2.05, 4.69) is 24.4 Å². The molecule has 0 unspecified atom stereocenters. The van der Waals surface area contributed by atoms with E-state index in [4.69, 9.17) is 0 Å². The fraction of sp³-hybridized carbons (Fsp3) is 0.125. The van der Waals surface area contributed by atoms with Crippen LogP contribution in [0.5, 0.6) is 0 Å². The first kappa shape index (κ1) is 15.8. The number of benzene rings is 2. The lowest BCUT2D eigenvalue weighted by atomic mass is 10.1. The molecule has 0 aliphatic carbocycles. The van der Waals surface area contributed by atoms with Crippen molar-refractivity contribution in [3.8, 4) is 0 Å². The lowest BCUT2D eigenvalue weighted by Gasteiger charge is -2.07. The van der Waals surface area contributed by atoms with Crippen molar-refractivity contribution in [2.75, 3.05) is 5.32 Å². The van der Waals surface area contributed by atoms with Crippen molar-refractivity contribution in [1.82, 2.24) is 0 Å². The van der Waals surface area contributed by atoms with Crippen LogP contribution in [0.4, 0.5) is 18.9 Å². The Morgan fingerprint density at radius 3 is 2.09 bits per heavy atom. The van der Waals surface area contributed by atoms with E-state index in [0.29, 0.717) is 0 Å². The van der Waals surface area contributed by atoms with Gasteiger partial charge < -0.3 is 5.32 Å². The minimum atomic E-state index is -4.48. The quantitative estimate of drug-likeness (QED) is 0.752. The molecule has 1 aliphatic rings. The lowest BCUT2D eigenvalue weighted by Crippen LogP contribution is -2.12. The molecule has 0 radical (unpaired) electrons. The molecule has 3 rings (SSSR count). The van der Waals surface area contributed by atoms with E-state index in [1.807, 2.05) is 18.2 Å². The third kappa shape index (κ3) is 3.52. The van der Waals surface area contributed by atoms with Crippen molar-refractivity contribution in [2.24, 2.45) is 0 Å². The number of carbonyl (C=O) groups excluding carboxylic acids is 2. The van der Waals surface area contributed by atoms with E-state index in [1.54, 1.807) is 0 Å². The van der Waals surface area contributed by atoms with Gasteiger partial charge in [-0.05, 0) is 25.1 Å². The van der Waals surface area contributed by atoms with E-state index >= 15 is 0 Å². The maximum atomic E-state index is 12.3. The van der Waals surface area contributed by atoms with Crippen LogP contribution in [0.3, 0.4) is 0 Å². The van der Waals surface area contributed by atoms with Crippen LogP contribution >= 0.6 is 0 Å². The molecule has 0 aromatic heterocycles. The zero-order valence-corrected chi connectivity index (χ0v) is 11.6. The molecule has 1 N–H and O–H groups in total. The summed E-state index contributed by atoms with van der Waals surface area (Å²) in [5, 5.41) is 2.07. The summed E-state index contributed by atoms with van der Waals surface area (Å²) in [6.07, 6.45) is -4.48. The summed E-state index contributed by atoms with van der Waals surface area (Å²) in [5.74, 6) is -1.71. The highest BCUT2D eigenvalue weighted by molar-refractivity contribution is 6.51. The highest BCUT2D eigenvalue weighted by Crippen LogP contribution is 2.33. The normalized spacial score (nSPS) is 13.1. The van der Waals surface area contributed by atoms with Crippen molar-refractivity contribution in [1.29, 1.82) is 0 Å². The summed E-state index contributed by atoms with van der Waals surface area (Å²) in [7, 11) is 0. The topological polar surface area (TPSA) is 46.2 Å². The summed E-state index contributed by atoms with van der Waals surface area (Å²) in [6, 6.07) is 12.8. The van der Waals surface area contributed by atoms with Gasteiger partial charge in [0, 0.05) is 0 Å². The number of hydrogen-bond donors (Lipinski definition) is 1. The summed E-state index contributed by atoms with van der Waals surface area (Å²) in [5.41, 5.74) is 0.326. The number of rotatable bonds is 0. The van der Waals surface area contributed by atoms with Gasteiger partial charge in [0.2, 0.25) is 0 Å². The van der Waals surface area contributed by atoms with Gasteiger partial charge in [-0.3, -0.25) is 9.59 Å². The Labute approximate surface area is 124 Å². The largest absolute Gasteiger partial charge is 0.416 e. The number of carbonyl (C=O) groups is 2. The molecular weight excluding hydrogens is 295 g/mol. The number of nitrogens with one attached hydrogen (secondary N) is 1. The molecule has 3 nitrogen and oxygen atoms in total. The van der Waals surface area contributed by atoms with Crippen LogP contribution in [0, 0.1) is 6.92 Å². The Morgan fingerprint density at radius 1 is 0.955 bits per heavy atom. The van der Waals surface area contributed by atoms with E-state index in [0.717, 1.165) is 18.2 Å². The summed E-state index contributed by atoms with van der Waals surface area (Å²) in [6.45, 7) is 2.08. The van der Waals surface area contributed by atoms with Crippen molar-refractivity contribution in [3.63, 3.8) is 0 Å². The van der Waals surface area contributed by atoms with Crippen LogP contribution in [-0.4, -0.2) is 11.7 Å². The third-order valence-corrected chi connectivity index (χ3v) is 2.99. The predicted octanol–water partition coefficient (Wildman–Crippen LogP) is 3.84. The number of aryl methyl sites for hydroxylation is 1. The summed E-state index contributed by atoms with van der Waals surface area (Å²) in [4.78, 5) is 21.9. The Balaban J connectivity index is 0.000000211. The van der Waals surface area contributed by atoms with Crippen molar-refractivity contribution in [3.05, 3.63) is 65.2 Å². The molecule has 0 fully saturated rings. The van der Waals surface area contributed by atoms with E-state index < -0.39 is 23.4 Å². The van der Waals surface area contributed by atoms with Crippen molar-refractivity contribution >= 4 is 17.4 Å².